The van der Waals surface area contributed by atoms with Gasteiger partial charge < -0.3 is 5.11 Å². The molecule has 0 aromatic heterocycles. The van der Waals surface area contributed by atoms with E-state index in [-0.39, 0.29) is 28.5 Å². The Kier molecular flexibility index (Phi) is 4.80. The van der Waals surface area contributed by atoms with Gasteiger partial charge in [-0.2, -0.15) is 0 Å². The van der Waals surface area contributed by atoms with Crippen LogP contribution in [-0.4, -0.2) is 21.7 Å². The fourth-order valence-electron chi connectivity index (χ4n) is 1.26. The number of benzene rings is 1. The van der Waals surface area contributed by atoms with E-state index in [0.717, 1.165) is 0 Å². The van der Waals surface area contributed by atoms with Gasteiger partial charge >= 0.3 is 11.7 Å². The lowest BCUT2D eigenvalue weighted by Gasteiger charge is -2.03. The van der Waals surface area contributed by atoms with Crippen LogP contribution in [0.15, 0.2) is 21.6 Å². The minimum absolute atomic E-state index is 0.0197. The van der Waals surface area contributed by atoms with Gasteiger partial charge in [-0.25, -0.2) is 4.99 Å². The molecule has 1 rings (SSSR count). The number of aliphatic imine (C=N–C) groups is 1. The third-order valence-electron chi connectivity index (χ3n) is 1.95. The van der Waals surface area contributed by atoms with Gasteiger partial charge in [0.2, 0.25) is 0 Å². The number of halogens is 2. The molecule has 0 aliphatic heterocycles. The molecule has 1 N–H and O–H groups in total. The van der Waals surface area contributed by atoms with Crippen LogP contribution >= 0.6 is 27.5 Å². The Labute approximate surface area is 116 Å². The molecule has 0 saturated carbocycles. The molecular weight excluding hydrogens is 327 g/mol. The number of carboxylic acid groups (broad SMARTS) is 1. The first-order valence-electron chi connectivity index (χ1n) is 4.71. The van der Waals surface area contributed by atoms with E-state index in [0.29, 0.717) is 4.47 Å². The fourth-order valence-corrected chi connectivity index (χ4v) is 1.89. The first-order chi connectivity index (χ1) is 8.32. The van der Waals surface area contributed by atoms with Crippen molar-refractivity contribution in [1.82, 2.24) is 0 Å². The predicted octanol–water partition coefficient (Wildman–Crippen LogP) is 3.58. The quantitative estimate of drug-likeness (QED) is 0.517. The van der Waals surface area contributed by atoms with Crippen LogP contribution in [0.2, 0.25) is 5.02 Å². The average molecular weight is 336 g/mol. The minimum Gasteiger partial charge on any atom is -0.481 e. The van der Waals surface area contributed by atoms with E-state index in [9.17, 15) is 14.9 Å². The number of hydrogen-bond donors (Lipinski definition) is 1. The molecule has 8 heteroatoms. The Hall–Kier alpha value is -1.47. The van der Waals surface area contributed by atoms with Crippen molar-refractivity contribution in [1.29, 1.82) is 0 Å². The lowest BCUT2D eigenvalue weighted by Crippen LogP contribution is -2.02. The Bertz CT molecular complexity index is 545. The number of rotatable bonds is 4. The average Bonchev–Trinajstić information content (AvgIpc) is 2.21. The van der Waals surface area contributed by atoms with Crippen molar-refractivity contribution in [3.8, 4) is 0 Å². The van der Waals surface area contributed by atoms with Crippen LogP contribution in [0.4, 0.5) is 11.4 Å². The molecule has 0 aliphatic carbocycles. The number of carbonyl (C=O) groups is 1. The summed E-state index contributed by atoms with van der Waals surface area (Å²) in [6.45, 7) is 1.48. The van der Waals surface area contributed by atoms with Crippen LogP contribution in [0.1, 0.15) is 13.3 Å². The maximum atomic E-state index is 10.9. The highest BCUT2D eigenvalue weighted by atomic mass is 79.9. The van der Waals surface area contributed by atoms with Crippen LogP contribution in [-0.2, 0) is 4.79 Å². The first-order valence-corrected chi connectivity index (χ1v) is 5.88. The van der Waals surface area contributed by atoms with E-state index in [1.807, 2.05) is 0 Å². The zero-order chi connectivity index (χ0) is 13.9. The molecule has 0 bridgehead atoms. The second-order valence-electron chi connectivity index (χ2n) is 3.40. The fraction of sp³-hybridized carbons (Fsp3) is 0.200. The van der Waals surface area contributed by atoms with Crippen molar-refractivity contribution in [2.75, 3.05) is 0 Å². The standard InChI is InChI=1S/C10H8BrClN2O4/c1-5(4-8(15)16)13-9-6(11)2-3-7(12)10(9)14(17)18/h2-3H,4H2,1H3,(H,15,16). The van der Waals surface area contributed by atoms with Crippen molar-refractivity contribution in [2.45, 2.75) is 13.3 Å². The second kappa shape index (κ2) is 5.92. The van der Waals surface area contributed by atoms with Gasteiger partial charge in [0.15, 0.2) is 5.69 Å². The van der Waals surface area contributed by atoms with Gasteiger partial charge in [-0.1, -0.05) is 11.6 Å². The molecule has 18 heavy (non-hydrogen) atoms. The molecule has 1 aromatic carbocycles. The van der Waals surface area contributed by atoms with Gasteiger partial charge in [-0.15, -0.1) is 0 Å². The highest BCUT2D eigenvalue weighted by Gasteiger charge is 2.21. The molecule has 0 heterocycles. The van der Waals surface area contributed by atoms with Gasteiger partial charge in [0, 0.05) is 5.71 Å². The van der Waals surface area contributed by atoms with E-state index in [1.165, 1.54) is 19.1 Å². The Morgan fingerprint density at radius 3 is 2.72 bits per heavy atom. The summed E-state index contributed by atoms with van der Waals surface area (Å²) in [5, 5.41) is 19.5. The Balaban J connectivity index is 3.35. The van der Waals surface area contributed by atoms with Crippen molar-refractivity contribution in [2.24, 2.45) is 4.99 Å². The zero-order valence-electron chi connectivity index (χ0n) is 9.18. The lowest BCUT2D eigenvalue weighted by molar-refractivity contribution is -0.383. The molecule has 0 amide bonds. The molecule has 0 atom stereocenters. The summed E-state index contributed by atoms with van der Waals surface area (Å²) in [5.74, 6) is -1.06. The number of nitro groups is 1. The smallest absolute Gasteiger partial charge is 0.314 e. The van der Waals surface area contributed by atoms with Crippen molar-refractivity contribution < 1.29 is 14.8 Å². The summed E-state index contributed by atoms with van der Waals surface area (Å²) in [7, 11) is 0. The summed E-state index contributed by atoms with van der Waals surface area (Å²) >= 11 is 8.86. The number of carboxylic acids is 1. The van der Waals surface area contributed by atoms with Gasteiger partial charge in [0.1, 0.15) is 5.02 Å². The van der Waals surface area contributed by atoms with Crippen LogP contribution in [0.25, 0.3) is 0 Å². The molecule has 1 aromatic rings. The molecular formula is C10H8BrClN2O4. The SMILES string of the molecule is CC(CC(=O)O)=Nc1c(Br)ccc(Cl)c1[N+](=O)[O-]. The third kappa shape index (κ3) is 3.51. The van der Waals surface area contributed by atoms with E-state index >= 15 is 0 Å². The predicted molar refractivity (Wildman–Crippen MR) is 70.8 cm³/mol. The van der Waals surface area contributed by atoms with Crippen molar-refractivity contribution in [3.05, 3.63) is 31.7 Å². The van der Waals surface area contributed by atoms with E-state index in [2.05, 4.69) is 20.9 Å². The van der Waals surface area contributed by atoms with Crippen LogP contribution in [0, 0.1) is 10.1 Å². The first kappa shape index (κ1) is 14.6. The highest BCUT2D eigenvalue weighted by molar-refractivity contribution is 9.10. The van der Waals surface area contributed by atoms with Gasteiger partial charge in [0.25, 0.3) is 0 Å². The molecule has 6 nitrogen and oxygen atoms in total. The lowest BCUT2D eigenvalue weighted by atomic mass is 10.2. The zero-order valence-corrected chi connectivity index (χ0v) is 11.5. The molecule has 0 saturated heterocycles. The van der Waals surface area contributed by atoms with Crippen LogP contribution in [0.5, 0.6) is 0 Å². The molecule has 96 valence electrons. The third-order valence-corrected chi connectivity index (χ3v) is 2.89. The Morgan fingerprint density at radius 2 is 2.22 bits per heavy atom. The summed E-state index contributed by atoms with van der Waals surface area (Å²) in [6, 6.07) is 2.89. The minimum atomic E-state index is -1.06. The van der Waals surface area contributed by atoms with Gasteiger partial charge in [-0.05, 0) is 35.0 Å². The molecule has 0 fully saturated rings. The van der Waals surface area contributed by atoms with Crippen molar-refractivity contribution in [3.63, 3.8) is 0 Å². The normalized spacial score (nSPS) is 11.4. The summed E-state index contributed by atoms with van der Waals surface area (Å²) in [6.07, 6.45) is -0.296. The maximum absolute atomic E-state index is 10.9. The number of aliphatic carboxylic acids is 1. The molecule has 0 unspecified atom stereocenters. The monoisotopic (exact) mass is 334 g/mol. The Morgan fingerprint density at radius 1 is 1.61 bits per heavy atom. The number of nitrogens with zero attached hydrogens (tertiary/aromatic N) is 2. The van der Waals surface area contributed by atoms with E-state index in [1.54, 1.807) is 0 Å². The molecule has 0 radical (unpaired) electrons. The molecule has 0 aliphatic rings. The van der Waals surface area contributed by atoms with Crippen LogP contribution in [0.3, 0.4) is 0 Å². The largest absolute Gasteiger partial charge is 0.481 e. The number of hydrogen-bond acceptors (Lipinski definition) is 4. The van der Waals surface area contributed by atoms with Crippen molar-refractivity contribution >= 4 is 50.6 Å². The molecule has 0 spiro atoms. The summed E-state index contributed by atoms with van der Waals surface area (Å²) < 4.78 is 0.378. The highest BCUT2D eigenvalue weighted by Crippen LogP contribution is 2.40. The second-order valence-corrected chi connectivity index (χ2v) is 4.66. The van der Waals surface area contributed by atoms with E-state index < -0.39 is 10.9 Å². The van der Waals surface area contributed by atoms with Gasteiger partial charge in [0.05, 0.1) is 15.8 Å². The topological polar surface area (TPSA) is 92.8 Å². The van der Waals surface area contributed by atoms with Crippen LogP contribution < -0.4 is 0 Å². The van der Waals surface area contributed by atoms with E-state index in [4.69, 9.17) is 16.7 Å². The maximum Gasteiger partial charge on any atom is 0.314 e. The summed E-state index contributed by atoms with van der Waals surface area (Å²) in [4.78, 5) is 24.7. The number of nitro benzene ring substituents is 1. The van der Waals surface area contributed by atoms with Gasteiger partial charge in [-0.3, -0.25) is 14.9 Å². The summed E-state index contributed by atoms with van der Waals surface area (Å²) in [5.41, 5.74) is -0.0874.